The van der Waals surface area contributed by atoms with Crippen LogP contribution in [0, 0.1) is 5.92 Å². The van der Waals surface area contributed by atoms with E-state index >= 15 is 0 Å². The largest absolute Gasteiger partial charge is 0.385 e. The smallest absolute Gasteiger partial charge is 0.185 e. The Balaban J connectivity index is 4.28. The number of unbranched alkanes of at least 4 members (excludes halogenated alkanes) is 1. The standard InChI is InChI=1S/C13H28O3/c1-6-8-9-11(7-2)10-13(3,14)12(15-4)16-5/h11-12,14H,6-10H2,1-5H3. The van der Waals surface area contributed by atoms with Crippen LogP contribution in [0.1, 0.15) is 52.9 Å². The van der Waals surface area contributed by atoms with E-state index in [9.17, 15) is 5.11 Å². The maximum Gasteiger partial charge on any atom is 0.185 e. The van der Waals surface area contributed by atoms with Gasteiger partial charge in [-0.05, 0) is 19.3 Å². The van der Waals surface area contributed by atoms with Crippen LogP contribution >= 0.6 is 0 Å². The molecule has 0 aliphatic carbocycles. The lowest BCUT2D eigenvalue weighted by Gasteiger charge is -2.33. The summed E-state index contributed by atoms with van der Waals surface area (Å²) in [6.45, 7) is 6.16. The third-order valence-electron chi connectivity index (χ3n) is 3.18. The van der Waals surface area contributed by atoms with Crippen LogP contribution in [0.2, 0.25) is 0 Å². The Hall–Kier alpha value is -0.120. The highest BCUT2D eigenvalue weighted by Crippen LogP contribution is 2.27. The summed E-state index contributed by atoms with van der Waals surface area (Å²) in [6, 6.07) is 0. The van der Waals surface area contributed by atoms with Gasteiger partial charge in [-0.2, -0.15) is 0 Å². The van der Waals surface area contributed by atoms with E-state index in [1.165, 1.54) is 19.3 Å². The van der Waals surface area contributed by atoms with Gasteiger partial charge in [0.25, 0.3) is 0 Å². The third-order valence-corrected chi connectivity index (χ3v) is 3.18. The molecule has 2 unspecified atom stereocenters. The normalized spacial score (nSPS) is 17.4. The van der Waals surface area contributed by atoms with Crippen molar-refractivity contribution in [2.24, 2.45) is 5.92 Å². The van der Waals surface area contributed by atoms with Gasteiger partial charge in [-0.15, -0.1) is 0 Å². The first kappa shape index (κ1) is 15.9. The van der Waals surface area contributed by atoms with Crippen LogP contribution in [0.15, 0.2) is 0 Å². The number of hydrogen-bond donors (Lipinski definition) is 1. The predicted molar refractivity (Wildman–Crippen MR) is 66.4 cm³/mol. The average Bonchev–Trinajstić information content (AvgIpc) is 2.25. The van der Waals surface area contributed by atoms with Crippen LogP contribution in [0.25, 0.3) is 0 Å². The summed E-state index contributed by atoms with van der Waals surface area (Å²) in [5, 5.41) is 10.3. The van der Waals surface area contributed by atoms with Crippen LogP contribution < -0.4 is 0 Å². The summed E-state index contributed by atoms with van der Waals surface area (Å²) < 4.78 is 10.3. The van der Waals surface area contributed by atoms with Crippen molar-refractivity contribution in [2.45, 2.75) is 64.8 Å². The fraction of sp³-hybridized carbons (Fsp3) is 1.00. The van der Waals surface area contributed by atoms with Crippen molar-refractivity contribution >= 4 is 0 Å². The highest BCUT2D eigenvalue weighted by Gasteiger charge is 2.34. The van der Waals surface area contributed by atoms with Crippen molar-refractivity contribution in [1.29, 1.82) is 0 Å². The molecule has 0 aliphatic heterocycles. The second kappa shape index (κ2) is 8.04. The van der Waals surface area contributed by atoms with E-state index in [1.54, 1.807) is 21.1 Å². The molecular formula is C13H28O3. The molecule has 0 bridgehead atoms. The van der Waals surface area contributed by atoms with Gasteiger partial charge >= 0.3 is 0 Å². The fourth-order valence-electron chi connectivity index (χ4n) is 2.23. The molecule has 1 N–H and O–H groups in total. The fourth-order valence-corrected chi connectivity index (χ4v) is 2.23. The van der Waals surface area contributed by atoms with Crippen LogP contribution in [0.3, 0.4) is 0 Å². The topological polar surface area (TPSA) is 38.7 Å². The summed E-state index contributed by atoms with van der Waals surface area (Å²) in [5.41, 5.74) is -0.905. The van der Waals surface area contributed by atoms with E-state index in [-0.39, 0.29) is 0 Å². The molecule has 3 heteroatoms. The van der Waals surface area contributed by atoms with Crippen LogP contribution in [0.5, 0.6) is 0 Å². The zero-order chi connectivity index (χ0) is 12.6. The number of ether oxygens (including phenoxy) is 2. The quantitative estimate of drug-likeness (QED) is 0.621. The average molecular weight is 232 g/mol. The van der Waals surface area contributed by atoms with E-state index < -0.39 is 11.9 Å². The molecule has 0 aromatic rings. The first-order valence-corrected chi connectivity index (χ1v) is 6.29. The summed E-state index contributed by atoms with van der Waals surface area (Å²) in [7, 11) is 3.13. The Morgan fingerprint density at radius 1 is 1.19 bits per heavy atom. The Kier molecular flexibility index (Phi) is 7.98. The summed E-state index contributed by atoms with van der Waals surface area (Å²) in [6.07, 6.45) is 4.88. The van der Waals surface area contributed by atoms with Gasteiger partial charge in [0.2, 0.25) is 0 Å². The third kappa shape index (κ3) is 5.28. The maximum absolute atomic E-state index is 10.3. The molecule has 16 heavy (non-hydrogen) atoms. The molecule has 0 spiro atoms. The summed E-state index contributed by atoms with van der Waals surface area (Å²) >= 11 is 0. The second-order valence-corrected chi connectivity index (χ2v) is 4.78. The molecular weight excluding hydrogens is 204 g/mol. The highest BCUT2D eigenvalue weighted by atomic mass is 16.7. The van der Waals surface area contributed by atoms with E-state index in [1.807, 2.05) is 0 Å². The molecule has 0 saturated carbocycles. The number of rotatable bonds is 9. The predicted octanol–water partition coefficient (Wildman–Crippen LogP) is 2.96. The first-order chi connectivity index (χ1) is 7.51. The molecule has 0 saturated heterocycles. The number of methoxy groups -OCH3 is 2. The molecule has 0 aromatic carbocycles. The molecule has 0 rings (SSSR count). The van der Waals surface area contributed by atoms with Crippen molar-refractivity contribution in [3.05, 3.63) is 0 Å². The molecule has 0 fully saturated rings. The second-order valence-electron chi connectivity index (χ2n) is 4.78. The Morgan fingerprint density at radius 2 is 1.75 bits per heavy atom. The van der Waals surface area contributed by atoms with E-state index in [2.05, 4.69) is 13.8 Å². The van der Waals surface area contributed by atoms with Crippen molar-refractivity contribution in [2.75, 3.05) is 14.2 Å². The zero-order valence-electron chi connectivity index (χ0n) is 11.5. The van der Waals surface area contributed by atoms with Gasteiger partial charge in [-0.1, -0.05) is 39.5 Å². The molecule has 0 aromatic heterocycles. The number of aliphatic hydroxyl groups is 1. The molecule has 98 valence electrons. The molecule has 0 heterocycles. The van der Waals surface area contributed by atoms with Crippen molar-refractivity contribution < 1.29 is 14.6 Å². The van der Waals surface area contributed by atoms with Crippen molar-refractivity contribution in [3.8, 4) is 0 Å². The molecule has 0 amide bonds. The van der Waals surface area contributed by atoms with Gasteiger partial charge in [0.15, 0.2) is 6.29 Å². The molecule has 3 nitrogen and oxygen atoms in total. The summed E-state index contributed by atoms with van der Waals surface area (Å²) in [4.78, 5) is 0. The lowest BCUT2D eigenvalue weighted by atomic mass is 9.86. The maximum atomic E-state index is 10.3. The monoisotopic (exact) mass is 232 g/mol. The van der Waals surface area contributed by atoms with Crippen LogP contribution in [-0.2, 0) is 9.47 Å². The lowest BCUT2D eigenvalue weighted by Crippen LogP contribution is -2.43. The Morgan fingerprint density at radius 3 is 2.12 bits per heavy atom. The van der Waals surface area contributed by atoms with Gasteiger partial charge in [-0.3, -0.25) is 0 Å². The SMILES string of the molecule is CCCCC(CC)CC(C)(O)C(OC)OC. The van der Waals surface area contributed by atoms with Gasteiger partial charge in [0.1, 0.15) is 5.60 Å². The van der Waals surface area contributed by atoms with Crippen molar-refractivity contribution in [1.82, 2.24) is 0 Å². The molecule has 2 atom stereocenters. The van der Waals surface area contributed by atoms with Crippen LogP contribution in [-0.4, -0.2) is 31.2 Å². The zero-order valence-corrected chi connectivity index (χ0v) is 11.5. The van der Waals surface area contributed by atoms with Gasteiger partial charge in [0, 0.05) is 14.2 Å². The van der Waals surface area contributed by atoms with Gasteiger partial charge in [0.05, 0.1) is 0 Å². The lowest BCUT2D eigenvalue weighted by molar-refractivity contribution is -0.214. The Bertz CT molecular complexity index is 165. The van der Waals surface area contributed by atoms with Gasteiger partial charge in [-0.25, -0.2) is 0 Å². The molecule has 0 aliphatic rings. The minimum atomic E-state index is -0.905. The first-order valence-electron chi connectivity index (χ1n) is 6.29. The van der Waals surface area contributed by atoms with Crippen molar-refractivity contribution in [3.63, 3.8) is 0 Å². The van der Waals surface area contributed by atoms with E-state index in [4.69, 9.17) is 9.47 Å². The van der Waals surface area contributed by atoms with E-state index in [0.29, 0.717) is 5.92 Å². The Labute approximate surface area is 100 Å². The molecule has 0 radical (unpaired) electrons. The highest BCUT2D eigenvalue weighted by molar-refractivity contribution is 4.80. The minimum Gasteiger partial charge on any atom is -0.385 e. The minimum absolute atomic E-state index is 0.539. The number of hydrogen-bond acceptors (Lipinski definition) is 3. The van der Waals surface area contributed by atoms with Crippen LogP contribution in [0.4, 0.5) is 0 Å². The van der Waals surface area contributed by atoms with E-state index in [0.717, 1.165) is 12.8 Å². The summed E-state index contributed by atoms with van der Waals surface area (Å²) in [5.74, 6) is 0.544. The van der Waals surface area contributed by atoms with Gasteiger partial charge < -0.3 is 14.6 Å².